The zero-order valence-electron chi connectivity index (χ0n) is 12.1. The first-order chi connectivity index (χ1) is 10.2. The normalized spacial score (nSPS) is 18.2. The molecule has 2 rings (SSSR count). The molecule has 0 aromatic heterocycles. The average Bonchev–Trinajstić information content (AvgIpc) is 2.94. The van der Waals surface area contributed by atoms with Crippen LogP contribution in [0.15, 0.2) is 18.2 Å². The molecule has 0 bridgehead atoms. The molecular weight excluding hydrogens is 280 g/mol. The minimum atomic E-state index is -2.85. The standard InChI is InChI=1S/C15H21F2NO3/c1-2-19-14-8-11(5-6-13(14)21-15(16)17)9-18-10-12-4-3-7-20-12/h5-6,8,12,15,18H,2-4,7,9-10H2,1H3. The van der Waals surface area contributed by atoms with Gasteiger partial charge in [-0.1, -0.05) is 6.07 Å². The molecule has 1 aromatic rings. The molecule has 4 nitrogen and oxygen atoms in total. The molecule has 1 atom stereocenters. The van der Waals surface area contributed by atoms with Crippen molar-refractivity contribution in [1.82, 2.24) is 5.32 Å². The summed E-state index contributed by atoms with van der Waals surface area (Å²) in [5.41, 5.74) is 0.957. The maximum Gasteiger partial charge on any atom is 0.387 e. The van der Waals surface area contributed by atoms with Crippen LogP contribution >= 0.6 is 0 Å². The molecule has 6 heteroatoms. The second-order valence-corrected chi connectivity index (χ2v) is 4.86. The molecule has 21 heavy (non-hydrogen) atoms. The Morgan fingerprint density at radius 2 is 2.24 bits per heavy atom. The molecular formula is C15H21F2NO3. The van der Waals surface area contributed by atoms with Gasteiger partial charge in [0.15, 0.2) is 11.5 Å². The van der Waals surface area contributed by atoms with Crippen LogP contribution in [0.2, 0.25) is 0 Å². The van der Waals surface area contributed by atoms with E-state index in [1.54, 1.807) is 19.1 Å². The number of ether oxygens (including phenoxy) is 3. The van der Waals surface area contributed by atoms with Gasteiger partial charge in [-0.3, -0.25) is 0 Å². The molecule has 0 saturated carbocycles. The Kier molecular flexibility index (Phi) is 6.20. The third-order valence-electron chi connectivity index (χ3n) is 3.25. The Bertz CT molecular complexity index is 437. The van der Waals surface area contributed by atoms with Crippen LogP contribution in [-0.4, -0.2) is 32.5 Å². The second kappa shape index (κ2) is 8.14. The predicted octanol–water partition coefficient (Wildman–Crippen LogP) is 2.96. The number of nitrogens with one attached hydrogen (secondary N) is 1. The summed E-state index contributed by atoms with van der Waals surface area (Å²) in [6.45, 7) is 1.60. The van der Waals surface area contributed by atoms with E-state index in [-0.39, 0.29) is 11.9 Å². The lowest BCUT2D eigenvalue weighted by Gasteiger charge is -2.14. The molecule has 1 heterocycles. The maximum atomic E-state index is 12.3. The van der Waals surface area contributed by atoms with E-state index >= 15 is 0 Å². The Balaban J connectivity index is 1.91. The molecule has 0 aliphatic carbocycles. The number of hydrogen-bond donors (Lipinski definition) is 1. The lowest BCUT2D eigenvalue weighted by molar-refractivity contribution is -0.0514. The van der Waals surface area contributed by atoms with E-state index in [1.165, 1.54) is 6.07 Å². The maximum absolute atomic E-state index is 12.3. The van der Waals surface area contributed by atoms with Crippen LogP contribution < -0.4 is 14.8 Å². The van der Waals surface area contributed by atoms with Crippen molar-refractivity contribution in [3.8, 4) is 11.5 Å². The van der Waals surface area contributed by atoms with Gasteiger partial charge in [-0.2, -0.15) is 8.78 Å². The summed E-state index contributed by atoms with van der Waals surface area (Å²) >= 11 is 0. The zero-order valence-corrected chi connectivity index (χ0v) is 12.1. The summed E-state index contributed by atoms with van der Waals surface area (Å²) in [5, 5.41) is 3.30. The van der Waals surface area contributed by atoms with Gasteiger partial charge in [0, 0.05) is 19.7 Å². The number of halogens is 2. The Morgan fingerprint density at radius 3 is 2.90 bits per heavy atom. The fourth-order valence-corrected chi connectivity index (χ4v) is 2.31. The highest BCUT2D eigenvalue weighted by Gasteiger charge is 2.15. The number of benzene rings is 1. The van der Waals surface area contributed by atoms with Crippen molar-refractivity contribution in [2.45, 2.75) is 39.0 Å². The average molecular weight is 301 g/mol. The molecule has 1 saturated heterocycles. The van der Waals surface area contributed by atoms with Gasteiger partial charge in [-0.05, 0) is 37.5 Å². The summed E-state index contributed by atoms with van der Waals surface area (Å²) in [5.74, 6) is 0.406. The third kappa shape index (κ3) is 5.13. The van der Waals surface area contributed by atoms with Gasteiger partial charge in [0.1, 0.15) is 0 Å². The van der Waals surface area contributed by atoms with Crippen molar-refractivity contribution in [2.24, 2.45) is 0 Å². The van der Waals surface area contributed by atoms with Crippen LogP contribution in [0.5, 0.6) is 11.5 Å². The van der Waals surface area contributed by atoms with E-state index in [0.29, 0.717) is 18.9 Å². The molecule has 1 N–H and O–H groups in total. The predicted molar refractivity (Wildman–Crippen MR) is 74.9 cm³/mol. The lowest BCUT2D eigenvalue weighted by atomic mass is 10.2. The van der Waals surface area contributed by atoms with E-state index in [9.17, 15) is 8.78 Å². The Hall–Kier alpha value is -1.40. The van der Waals surface area contributed by atoms with Gasteiger partial charge in [0.2, 0.25) is 0 Å². The SMILES string of the molecule is CCOc1cc(CNCC2CCCO2)ccc1OC(F)F. The van der Waals surface area contributed by atoms with E-state index in [2.05, 4.69) is 10.1 Å². The van der Waals surface area contributed by atoms with E-state index in [1.807, 2.05) is 0 Å². The third-order valence-corrected chi connectivity index (χ3v) is 3.25. The molecule has 1 aromatic carbocycles. The fraction of sp³-hybridized carbons (Fsp3) is 0.600. The monoisotopic (exact) mass is 301 g/mol. The summed E-state index contributed by atoms with van der Waals surface area (Å²) in [6, 6.07) is 4.99. The van der Waals surface area contributed by atoms with Crippen molar-refractivity contribution in [2.75, 3.05) is 19.8 Å². The quantitative estimate of drug-likeness (QED) is 0.801. The Morgan fingerprint density at radius 1 is 1.38 bits per heavy atom. The summed E-state index contributed by atoms with van der Waals surface area (Å²) in [6.07, 6.45) is 2.47. The summed E-state index contributed by atoms with van der Waals surface area (Å²) in [4.78, 5) is 0. The van der Waals surface area contributed by atoms with Crippen molar-refractivity contribution < 1.29 is 23.0 Å². The van der Waals surface area contributed by atoms with Crippen molar-refractivity contribution >= 4 is 0 Å². The fourth-order valence-electron chi connectivity index (χ4n) is 2.31. The first-order valence-electron chi connectivity index (χ1n) is 7.22. The van der Waals surface area contributed by atoms with Crippen LogP contribution in [0.3, 0.4) is 0 Å². The number of alkyl halides is 2. The molecule has 1 aliphatic rings. The summed E-state index contributed by atoms with van der Waals surface area (Å²) < 4.78 is 39.9. The van der Waals surface area contributed by atoms with Gasteiger partial charge in [-0.25, -0.2) is 0 Å². The molecule has 1 fully saturated rings. The van der Waals surface area contributed by atoms with Crippen LogP contribution in [0.1, 0.15) is 25.3 Å². The van der Waals surface area contributed by atoms with Crippen LogP contribution in [0, 0.1) is 0 Å². The molecule has 0 amide bonds. The molecule has 118 valence electrons. The van der Waals surface area contributed by atoms with Crippen LogP contribution in [0.4, 0.5) is 8.78 Å². The van der Waals surface area contributed by atoms with Crippen molar-refractivity contribution in [3.63, 3.8) is 0 Å². The number of hydrogen-bond acceptors (Lipinski definition) is 4. The minimum absolute atomic E-state index is 0.0646. The van der Waals surface area contributed by atoms with Crippen LogP contribution in [0.25, 0.3) is 0 Å². The first kappa shape index (κ1) is 16.0. The van der Waals surface area contributed by atoms with E-state index in [4.69, 9.17) is 9.47 Å². The molecule has 1 aliphatic heterocycles. The van der Waals surface area contributed by atoms with Crippen molar-refractivity contribution in [1.29, 1.82) is 0 Å². The van der Waals surface area contributed by atoms with E-state index < -0.39 is 6.61 Å². The van der Waals surface area contributed by atoms with Crippen LogP contribution in [-0.2, 0) is 11.3 Å². The van der Waals surface area contributed by atoms with Crippen molar-refractivity contribution in [3.05, 3.63) is 23.8 Å². The van der Waals surface area contributed by atoms with Gasteiger partial charge in [0.05, 0.1) is 12.7 Å². The van der Waals surface area contributed by atoms with Gasteiger partial charge < -0.3 is 19.5 Å². The minimum Gasteiger partial charge on any atom is -0.490 e. The molecule has 1 unspecified atom stereocenters. The molecule has 0 radical (unpaired) electrons. The number of rotatable bonds is 8. The lowest BCUT2D eigenvalue weighted by Crippen LogP contribution is -2.25. The Labute approximate surface area is 123 Å². The van der Waals surface area contributed by atoms with Gasteiger partial charge >= 0.3 is 6.61 Å². The van der Waals surface area contributed by atoms with E-state index in [0.717, 1.165) is 31.6 Å². The first-order valence-corrected chi connectivity index (χ1v) is 7.22. The smallest absolute Gasteiger partial charge is 0.387 e. The summed E-state index contributed by atoms with van der Waals surface area (Å²) in [7, 11) is 0. The highest BCUT2D eigenvalue weighted by atomic mass is 19.3. The topological polar surface area (TPSA) is 39.7 Å². The second-order valence-electron chi connectivity index (χ2n) is 4.86. The molecule has 0 spiro atoms. The zero-order chi connectivity index (χ0) is 15.1. The largest absolute Gasteiger partial charge is 0.490 e. The van der Waals surface area contributed by atoms with Gasteiger partial charge in [0.25, 0.3) is 0 Å². The highest BCUT2D eigenvalue weighted by Crippen LogP contribution is 2.29. The highest BCUT2D eigenvalue weighted by molar-refractivity contribution is 5.43. The van der Waals surface area contributed by atoms with Gasteiger partial charge in [-0.15, -0.1) is 0 Å².